The average molecular weight is 234 g/mol. The molecule has 1 aliphatic rings. The molecule has 1 atom stereocenters. The van der Waals surface area contributed by atoms with Crippen LogP contribution in [-0.2, 0) is 14.3 Å². The zero-order valence-electron chi connectivity index (χ0n) is 9.64. The molecule has 1 aromatic rings. The molecule has 1 unspecified atom stereocenters. The van der Waals surface area contributed by atoms with Gasteiger partial charge in [0.2, 0.25) is 0 Å². The third-order valence-electron chi connectivity index (χ3n) is 2.82. The first-order chi connectivity index (χ1) is 8.20. The predicted octanol–water partition coefficient (Wildman–Crippen LogP) is 1.89. The van der Waals surface area contributed by atoms with Crippen LogP contribution in [0, 0.1) is 0 Å². The van der Waals surface area contributed by atoms with Crippen LogP contribution >= 0.6 is 0 Å². The van der Waals surface area contributed by atoms with E-state index in [0.29, 0.717) is 25.0 Å². The van der Waals surface area contributed by atoms with Gasteiger partial charge in [-0.2, -0.15) is 0 Å². The zero-order chi connectivity index (χ0) is 12.3. The van der Waals surface area contributed by atoms with Gasteiger partial charge >= 0.3 is 5.97 Å². The molecule has 4 nitrogen and oxygen atoms in total. The highest BCUT2D eigenvalue weighted by atomic mass is 16.5. The van der Waals surface area contributed by atoms with E-state index in [1.54, 1.807) is 24.3 Å². The Morgan fingerprint density at radius 1 is 1.35 bits per heavy atom. The molecule has 17 heavy (non-hydrogen) atoms. The van der Waals surface area contributed by atoms with E-state index < -0.39 is 0 Å². The SMILES string of the molecule is COC(=O)c1ccc(C2CC(=O)CCO2)cc1. The lowest BCUT2D eigenvalue weighted by Crippen LogP contribution is -2.19. The molecule has 2 rings (SSSR count). The van der Waals surface area contributed by atoms with Crippen LogP contribution in [0.25, 0.3) is 0 Å². The quantitative estimate of drug-likeness (QED) is 0.733. The van der Waals surface area contributed by atoms with Crippen LogP contribution in [0.15, 0.2) is 24.3 Å². The summed E-state index contributed by atoms with van der Waals surface area (Å²) in [6.45, 7) is 0.474. The summed E-state index contributed by atoms with van der Waals surface area (Å²) in [5.74, 6) is -0.143. The Balaban J connectivity index is 2.12. The molecule has 0 amide bonds. The minimum Gasteiger partial charge on any atom is -0.465 e. The molecule has 1 aliphatic heterocycles. The smallest absolute Gasteiger partial charge is 0.337 e. The van der Waals surface area contributed by atoms with Crippen molar-refractivity contribution in [2.24, 2.45) is 0 Å². The van der Waals surface area contributed by atoms with E-state index in [1.807, 2.05) is 0 Å². The summed E-state index contributed by atoms with van der Waals surface area (Å²) in [4.78, 5) is 22.6. The Kier molecular flexibility index (Phi) is 3.54. The van der Waals surface area contributed by atoms with Crippen molar-refractivity contribution in [3.63, 3.8) is 0 Å². The number of ether oxygens (including phenoxy) is 2. The first kappa shape index (κ1) is 11.8. The molecule has 0 radical (unpaired) electrons. The van der Waals surface area contributed by atoms with Gasteiger partial charge in [-0.15, -0.1) is 0 Å². The topological polar surface area (TPSA) is 52.6 Å². The average Bonchev–Trinajstić information content (AvgIpc) is 2.38. The molecule has 0 spiro atoms. The first-order valence-electron chi connectivity index (χ1n) is 5.52. The number of ketones is 1. The molecule has 0 aliphatic carbocycles. The largest absolute Gasteiger partial charge is 0.465 e. The van der Waals surface area contributed by atoms with Gasteiger partial charge in [-0.05, 0) is 17.7 Å². The van der Waals surface area contributed by atoms with Crippen molar-refractivity contribution in [3.05, 3.63) is 35.4 Å². The van der Waals surface area contributed by atoms with Crippen molar-refractivity contribution in [3.8, 4) is 0 Å². The molecule has 0 N–H and O–H groups in total. The van der Waals surface area contributed by atoms with E-state index in [4.69, 9.17) is 4.74 Å². The standard InChI is InChI=1S/C13H14O4/c1-16-13(15)10-4-2-9(3-5-10)12-8-11(14)6-7-17-12/h2-5,12H,6-8H2,1H3. The Morgan fingerprint density at radius 2 is 2.06 bits per heavy atom. The summed E-state index contributed by atoms with van der Waals surface area (Å²) in [5, 5.41) is 0. The van der Waals surface area contributed by atoms with E-state index in [1.165, 1.54) is 7.11 Å². The predicted molar refractivity (Wildman–Crippen MR) is 60.7 cm³/mol. The second kappa shape index (κ2) is 5.10. The fraction of sp³-hybridized carbons (Fsp3) is 0.385. The Hall–Kier alpha value is -1.68. The lowest BCUT2D eigenvalue weighted by molar-refractivity contribution is -0.128. The van der Waals surface area contributed by atoms with Crippen LogP contribution < -0.4 is 0 Å². The van der Waals surface area contributed by atoms with E-state index in [2.05, 4.69) is 4.74 Å². The van der Waals surface area contributed by atoms with Crippen LogP contribution in [0.4, 0.5) is 0 Å². The number of Topliss-reactive ketones (excluding diaryl/α,β-unsaturated/α-hetero) is 1. The molecule has 1 fully saturated rings. The van der Waals surface area contributed by atoms with Crippen LogP contribution in [0.1, 0.15) is 34.9 Å². The Labute approximate surface area is 99.5 Å². The fourth-order valence-corrected chi connectivity index (χ4v) is 1.85. The summed E-state index contributed by atoms with van der Waals surface area (Å²) < 4.78 is 10.1. The molecule has 0 saturated carbocycles. The van der Waals surface area contributed by atoms with Gasteiger partial charge in [-0.1, -0.05) is 12.1 Å². The van der Waals surface area contributed by atoms with Gasteiger partial charge in [0, 0.05) is 12.8 Å². The lowest BCUT2D eigenvalue weighted by atomic mass is 9.99. The minimum atomic E-state index is -0.364. The highest BCUT2D eigenvalue weighted by Gasteiger charge is 2.21. The number of carbonyl (C=O) groups is 2. The summed E-state index contributed by atoms with van der Waals surface area (Å²) in [5.41, 5.74) is 1.42. The van der Waals surface area contributed by atoms with Gasteiger partial charge in [0.1, 0.15) is 5.78 Å². The number of rotatable bonds is 2. The van der Waals surface area contributed by atoms with E-state index >= 15 is 0 Å². The van der Waals surface area contributed by atoms with Crippen LogP contribution in [-0.4, -0.2) is 25.5 Å². The summed E-state index contributed by atoms with van der Waals surface area (Å²) >= 11 is 0. The van der Waals surface area contributed by atoms with Crippen LogP contribution in [0.2, 0.25) is 0 Å². The van der Waals surface area contributed by atoms with Gasteiger partial charge < -0.3 is 9.47 Å². The molecule has 1 aromatic carbocycles. The van der Waals surface area contributed by atoms with Gasteiger partial charge in [0.05, 0.1) is 25.4 Å². The second-order valence-corrected chi connectivity index (χ2v) is 3.97. The fourth-order valence-electron chi connectivity index (χ4n) is 1.85. The van der Waals surface area contributed by atoms with Crippen molar-refractivity contribution < 1.29 is 19.1 Å². The van der Waals surface area contributed by atoms with E-state index in [9.17, 15) is 9.59 Å². The number of hydrogen-bond donors (Lipinski definition) is 0. The molecule has 1 saturated heterocycles. The van der Waals surface area contributed by atoms with Crippen molar-refractivity contribution in [2.75, 3.05) is 13.7 Å². The number of esters is 1. The maximum atomic E-state index is 11.3. The number of benzene rings is 1. The number of carbonyl (C=O) groups excluding carboxylic acids is 2. The Morgan fingerprint density at radius 3 is 2.65 bits per heavy atom. The summed E-state index contributed by atoms with van der Waals surface area (Å²) in [6.07, 6.45) is 0.733. The molecular weight excluding hydrogens is 220 g/mol. The summed E-state index contributed by atoms with van der Waals surface area (Å²) in [7, 11) is 1.35. The maximum Gasteiger partial charge on any atom is 0.337 e. The van der Waals surface area contributed by atoms with E-state index in [0.717, 1.165) is 5.56 Å². The number of hydrogen-bond acceptors (Lipinski definition) is 4. The first-order valence-corrected chi connectivity index (χ1v) is 5.52. The van der Waals surface area contributed by atoms with Crippen molar-refractivity contribution >= 4 is 11.8 Å². The van der Waals surface area contributed by atoms with Gasteiger partial charge in [-0.3, -0.25) is 4.79 Å². The van der Waals surface area contributed by atoms with Crippen LogP contribution in [0.3, 0.4) is 0 Å². The molecular formula is C13H14O4. The third kappa shape index (κ3) is 2.71. The molecule has 0 aromatic heterocycles. The zero-order valence-corrected chi connectivity index (χ0v) is 9.64. The second-order valence-electron chi connectivity index (χ2n) is 3.97. The number of methoxy groups -OCH3 is 1. The van der Waals surface area contributed by atoms with Gasteiger partial charge in [-0.25, -0.2) is 4.79 Å². The van der Waals surface area contributed by atoms with Gasteiger partial charge in [0.15, 0.2) is 0 Å². The molecule has 0 bridgehead atoms. The van der Waals surface area contributed by atoms with Gasteiger partial charge in [0.25, 0.3) is 0 Å². The lowest BCUT2D eigenvalue weighted by Gasteiger charge is -2.22. The molecule has 4 heteroatoms. The highest BCUT2D eigenvalue weighted by molar-refractivity contribution is 5.89. The third-order valence-corrected chi connectivity index (χ3v) is 2.82. The monoisotopic (exact) mass is 234 g/mol. The minimum absolute atomic E-state index is 0.178. The van der Waals surface area contributed by atoms with Crippen molar-refractivity contribution in [2.45, 2.75) is 18.9 Å². The summed E-state index contributed by atoms with van der Waals surface area (Å²) in [6, 6.07) is 6.97. The molecule has 1 heterocycles. The van der Waals surface area contributed by atoms with E-state index in [-0.39, 0.29) is 17.9 Å². The van der Waals surface area contributed by atoms with Crippen LogP contribution in [0.5, 0.6) is 0 Å². The van der Waals surface area contributed by atoms with Crippen molar-refractivity contribution in [1.82, 2.24) is 0 Å². The highest BCUT2D eigenvalue weighted by Crippen LogP contribution is 2.26. The Bertz CT molecular complexity index is 422. The normalized spacial score (nSPS) is 20.1. The molecule has 90 valence electrons. The maximum absolute atomic E-state index is 11.3. The van der Waals surface area contributed by atoms with Crippen molar-refractivity contribution in [1.29, 1.82) is 0 Å².